The SMILES string of the molecule is O=[N+]([O-])c1cc(F)ccc1NCc1cn(CCO)nn1. The molecule has 0 bridgehead atoms. The number of nitrogens with zero attached hydrogens (tertiary/aromatic N) is 4. The van der Waals surface area contributed by atoms with E-state index in [9.17, 15) is 14.5 Å². The van der Waals surface area contributed by atoms with Gasteiger partial charge < -0.3 is 10.4 Å². The molecule has 0 fully saturated rings. The molecule has 1 aromatic carbocycles. The van der Waals surface area contributed by atoms with E-state index in [0.29, 0.717) is 12.2 Å². The van der Waals surface area contributed by atoms with Gasteiger partial charge >= 0.3 is 0 Å². The Morgan fingerprint density at radius 2 is 2.30 bits per heavy atom. The maximum atomic E-state index is 13.0. The van der Waals surface area contributed by atoms with Gasteiger partial charge in [-0.15, -0.1) is 5.10 Å². The Morgan fingerprint density at radius 3 is 3.00 bits per heavy atom. The van der Waals surface area contributed by atoms with E-state index in [1.54, 1.807) is 6.20 Å². The lowest BCUT2D eigenvalue weighted by molar-refractivity contribution is -0.384. The Balaban J connectivity index is 2.08. The zero-order valence-electron chi connectivity index (χ0n) is 10.4. The highest BCUT2D eigenvalue weighted by Gasteiger charge is 2.14. The number of aromatic nitrogens is 3. The van der Waals surface area contributed by atoms with Crippen LogP contribution in [0.15, 0.2) is 24.4 Å². The molecule has 0 aliphatic heterocycles. The zero-order chi connectivity index (χ0) is 14.5. The van der Waals surface area contributed by atoms with Gasteiger partial charge in [0.25, 0.3) is 5.69 Å². The van der Waals surface area contributed by atoms with Gasteiger partial charge in [-0.05, 0) is 12.1 Å². The number of nitrogens with one attached hydrogen (secondary N) is 1. The monoisotopic (exact) mass is 281 g/mol. The van der Waals surface area contributed by atoms with Crippen LogP contribution in [0, 0.1) is 15.9 Å². The van der Waals surface area contributed by atoms with E-state index in [4.69, 9.17) is 5.11 Å². The second-order valence-electron chi connectivity index (χ2n) is 3.97. The molecule has 9 heteroatoms. The van der Waals surface area contributed by atoms with Gasteiger partial charge in [0.15, 0.2) is 0 Å². The van der Waals surface area contributed by atoms with Gasteiger partial charge in [0.1, 0.15) is 17.2 Å². The highest BCUT2D eigenvalue weighted by Crippen LogP contribution is 2.25. The minimum absolute atomic E-state index is 0.0559. The highest BCUT2D eigenvalue weighted by atomic mass is 19.1. The van der Waals surface area contributed by atoms with E-state index in [1.165, 1.54) is 10.7 Å². The molecule has 0 amide bonds. The molecule has 1 aromatic heterocycles. The third-order valence-corrected chi connectivity index (χ3v) is 2.53. The van der Waals surface area contributed by atoms with Crippen molar-refractivity contribution in [1.82, 2.24) is 15.0 Å². The molecule has 0 atom stereocenters. The molecule has 20 heavy (non-hydrogen) atoms. The van der Waals surface area contributed by atoms with Crippen molar-refractivity contribution in [3.8, 4) is 0 Å². The Labute approximate surface area is 113 Å². The Kier molecular flexibility index (Phi) is 4.20. The standard InChI is InChI=1S/C11H12FN5O3/c12-8-1-2-10(11(5-8)17(19)20)13-6-9-7-16(3-4-18)15-14-9/h1-2,5,7,13,18H,3-4,6H2. The first-order valence-electron chi connectivity index (χ1n) is 5.78. The van der Waals surface area contributed by atoms with Crippen molar-refractivity contribution in [3.63, 3.8) is 0 Å². The molecule has 0 saturated heterocycles. The summed E-state index contributed by atoms with van der Waals surface area (Å²) in [6.45, 7) is 0.473. The van der Waals surface area contributed by atoms with Gasteiger partial charge in [-0.1, -0.05) is 5.21 Å². The first kappa shape index (κ1) is 13.9. The molecule has 106 valence electrons. The summed E-state index contributed by atoms with van der Waals surface area (Å²) in [5.74, 6) is -0.670. The van der Waals surface area contributed by atoms with Crippen LogP contribution in [0.1, 0.15) is 5.69 Å². The number of nitro groups is 1. The van der Waals surface area contributed by atoms with Crippen LogP contribution in [-0.2, 0) is 13.1 Å². The third-order valence-electron chi connectivity index (χ3n) is 2.53. The van der Waals surface area contributed by atoms with Crippen molar-refractivity contribution in [3.05, 3.63) is 46.0 Å². The normalized spacial score (nSPS) is 10.5. The number of hydrogen-bond donors (Lipinski definition) is 2. The van der Waals surface area contributed by atoms with E-state index in [2.05, 4.69) is 15.6 Å². The van der Waals surface area contributed by atoms with Crippen LogP contribution in [-0.4, -0.2) is 31.6 Å². The molecule has 0 aliphatic rings. The lowest BCUT2D eigenvalue weighted by Crippen LogP contribution is -2.03. The number of aliphatic hydroxyl groups excluding tert-OH is 1. The minimum atomic E-state index is -0.670. The molecule has 1 heterocycles. The van der Waals surface area contributed by atoms with Crippen molar-refractivity contribution < 1.29 is 14.4 Å². The summed E-state index contributed by atoms with van der Waals surface area (Å²) < 4.78 is 14.4. The van der Waals surface area contributed by atoms with Gasteiger partial charge in [0.2, 0.25) is 0 Å². The molecular weight excluding hydrogens is 269 g/mol. The fourth-order valence-corrected chi connectivity index (χ4v) is 1.62. The van der Waals surface area contributed by atoms with Gasteiger partial charge in [-0.2, -0.15) is 0 Å². The first-order chi connectivity index (χ1) is 9.60. The van der Waals surface area contributed by atoms with Crippen molar-refractivity contribution in [2.24, 2.45) is 0 Å². The second-order valence-corrected chi connectivity index (χ2v) is 3.97. The van der Waals surface area contributed by atoms with Crippen LogP contribution in [0.2, 0.25) is 0 Å². The van der Waals surface area contributed by atoms with Gasteiger partial charge in [0.05, 0.1) is 36.9 Å². The van der Waals surface area contributed by atoms with Crippen LogP contribution < -0.4 is 5.32 Å². The smallest absolute Gasteiger partial charge is 0.295 e. The van der Waals surface area contributed by atoms with Crippen molar-refractivity contribution >= 4 is 11.4 Å². The number of anilines is 1. The summed E-state index contributed by atoms with van der Waals surface area (Å²) in [5.41, 5.74) is 0.415. The summed E-state index contributed by atoms with van der Waals surface area (Å²) in [6, 6.07) is 3.29. The van der Waals surface area contributed by atoms with Crippen molar-refractivity contribution in [1.29, 1.82) is 0 Å². The predicted octanol–water partition coefficient (Wildman–Crippen LogP) is 0.930. The molecule has 2 rings (SSSR count). The average molecular weight is 281 g/mol. The molecule has 2 N–H and O–H groups in total. The predicted molar refractivity (Wildman–Crippen MR) is 67.5 cm³/mol. The Morgan fingerprint density at radius 1 is 1.50 bits per heavy atom. The quantitative estimate of drug-likeness (QED) is 0.602. The lowest BCUT2D eigenvalue weighted by atomic mass is 10.2. The third kappa shape index (κ3) is 3.26. The number of aliphatic hydroxyl groups is 1. The summed E-state index contributed by atoms with van der Waals surface area (Å²) in [7, 11) is 0. The Hall–Kier alpha value is -2.55. The van der Waals surface area contributed by atoms with Crippen LogP contribution in [0.5, 0.6) is 0 Å². The average Bonchev–Trinajstić information content (AvgIpc) is 2.85. The molecule has 8 nitrogen and oxygen atoms in total. The van der Waals surface area contributed by atoms with Crippen LogP contribution in [0.3, 0.4) is 0 Å². The van der Waals surface area contributed by atoms with Crippen molar-refractivity contribution in [2.45, 2.75) is 13.1 Å². The fraction of sp³-hybridized carbons (Fsp3) is 0.273. The molecular formula is C11H12FN5O3. The highest BCUT2D eigenvalue weighted by molar-refractivity contribution is 5.61. The molecule has 0 unspecified atom stereocenters. The summed E-state index contributed by atoms with van der Waals surface area (Å²) in [6.07, 6.45) is 1.61. The molecule has 0 saturated carbocycles. The maximum absolute atomic E-state index is 13.0. The van der Waals surface area contributed by atoms with Crippen molar-refractivity contribution in [2.75, 3.05) is 11.9 Å². The number of halogens is 1. The van der Waals surface area contributed by atoms with E-state index in [1.807, 2.05) is 0 Å². The van der Waals surface area contributed by atoms with Gasteiger partial charge in [-0.3, -0.25) is 10.1 Å². The summed E-state index contributed by atoms with van der Waals surface area (Å²) in [4.78, 5) is 10.2. The van der Waals surface area contributed by atoms with Gasteiger partial charge in [-0.25, -0.2) is 9.07 Å². The first-order valence-corrected chi connectivity index (χ1v) is 5.78. The van der Waals surface area contributed by atoms with E-state index in [-0.39, 0.29) is 24.5 Å². The minimum Gasteiger partial charge on any atom is -0.394 e. The number of rotatable bonds is 6. The largest absolute Gasteiger partial charge is 0.394 e. The molecule has 0 spiro atoms. The molecule has 0 radical (unpaired) electrons. The van der Waals surface area contributed by atoms with Crippen LogP contribution in [0.25, 0.3) is 0 Å². The zero-order valence-corrected chi connectivity index (χ0v) is 10.4. The summed E-state index contributed by atoms with van der Waals surface area (Å²) in [5, 5.41) is 30.0. The Bertz CT molecular complexity index is 616. The van der Waals surface area contributed by atoms with E-state index >= 15 is 0 Å². The molecule has 0 aliphatic carbocycles. The number of nitro benzene ring substituents is 1. The second kappa shape index (κ2) is 6.06. The van der Waals surface area contributed by atoms with E-state index in [0.717, 1.165) is 12.1 Å². The topological polar surface area (TPSA) is 106 Å². The van der Waals surface area contributed by atoms with Crippen LogP contribution >= 0.6 is 0 Å². The lowest BCUT2D eigenvalue weighted by Gasteiger charge is -2.04. The summed E-state index contributed by atoms with van der Waals surface area (Å²) >= 11 is 0. The van der Waals surface area contributed by atoms with Crippen LogP contribution in [0.4, 0.5) is 15.8 Å². The maximum Gasteiger partial charge on any atom is 0.295 e. The number of hydrogen-bond acceptors (Lipinski definition) is 6. The molecule has 2 aromatic rings. The number of benzene rings is 1. The van der Waals surface area contributed by atoms with Gasteiger partial charge in [0, 0.05) is 0 Å². The fourth-order valence-electron chi connectivity index (χ4n) is 1.62. The van der Waals surface area contributed by atoms with E-state index < -0.39 is 10.7 Å².